The lowest BCUT2D eigenvalue weighted by Gasteiger charge is -2.12. The van der Waals surface area contributed by atoms with Crippen molar-refractivity contribution in [3.63, 3.8) is 0 Å². The number of nitrogens with zero attached hydrogens (tertiary/aromatic N) is 2. The molecule has 0 saturated heterocycles. The fourth-order valence-electron chi connectivity index (χ4n) is 2.86. The van der Waals surface area contributed by atoms with E-state index >= 15 is 0 Å². The van der Waals surface area contributed by atoms with Crippen LogP contribution < -0.4 is 10.6 Å². The number of allylic oxidation sites excluding steroid dienone is 5. The van der Waals surface area contributed by atoms with Gasteiger partial charge in [0, 0.05) is 12.1 Å². The molecule has 0 unspecified atom stereocenters. The van der Waals surface area contributed by atoms with Gasteiger partial charge in [-0.05, 0) is 30.7 Å². The number of aromatic nitrogens is 2. The Bertz CT molecular complexity index is 1040. The number of hydrogen-bond acceptors (Lipinski definition) is 5. The number of fused-ring (bicyclic) bond motifs is 1. The lowest BCUT2D eigenvalue weighted by atomic mass is 10.1. The Labute approximate surface area is 166 Å². The normalized spacial score (nSPS) is 14.0. The number of benzene rings is 1. The number of halogens is 2. The van der Waals surface area contributed by atoms with Gasteiger partial charge in [0.05, 0.1) is 17.8 Å². The van der Waals surface area contributed by atoms with Crippen molar-refractivity contribution in [2.75, 3.05) is 5.32 Å². The molecule has 1 aromatic heterocycles. The third-order valence-corrected chi connectivity index (χ3v) is 4.30. The summed E-state index contributed by atoms with van der Waals surface area (Å²) >= 11 is 0. The maximum Gasteiger partial charge on any atom is 0.257 e. The molecule has 0 fully saturated rings. The van der Waals surface area contributed by atoms with E-state index in [0.717, 1.165) is 24.0 Å². The zero-order valence-corrected chi connectivity index (χ0v) is 15.6. The molecule has 6 nitrogen and oxygen atoms in total. The van der Waals surface area contributed by atoms with Gasteiger partial charge in [0.25, 0.3) is 5.91 Å². The first kappa shape index (κ1) is 20.1. The first-order valence-electron chi connectivity index (χ1n) is 8.82. The molecular weight excluding hydrogens is 378 g/mol. The first-order valence-corrected chi connectivity index (χ1v) is 8.82. The summed E-state index contributed by atoms with van der Waals surface area (Å²) in [6.07, 6.45) is 3.05. The lowest BCUT2D eigenvalue weighted by Crippen LogP contribution is -2.14. The Kier molecular flexibility index (Phi) is 5.92. The van der Waals surface area contributed by atoms with Gasteiger partial charge in [-0.15, -0.1) is 0 Å². The smallest absolute Gasteiger partial charge is 0.257 e. The van der Waals surface area contributed by atoms with E-state index in [1.807, 2.05) is 0 Å². The van der Waals surface area contributed by atoms with Crippen molar-refractivity contribution in [2.45, 2.75) is 19.9 Å². The highest BCUT2D eigenvalue weighted by Gasteiger charge is 2.28. The monoisotopic (exact) mass is 396 g/mol. The number of carbonyl (C=O) groups is 2. The van der Waals surface area contributed by atoms with E-state index < -0.39 is 17.2 Å². The third kappa shape index (κ3) is 4.11. The van der Waals surface area contributed by atoms with E-state index in [1.54, 1.807) is 24.3 Å². The quantitative estimate of drug-likeness (QED) is 0.547. The van der Waals surface area contributed by atoms with Gasteiger partial charge in [0.2, 0.25) is 0 Å². The van der Waals surface area contributed by atoms with Gasteiger partial charge in [0.15, 0.2) is 5.82 Å². The summed E-state index contributed by atoms with van der Waals surface area (Å²) in [7, 11) is 0. The Hall–Kier alpha value is -3.68. The first-order chi connectivity index (χ1) is 14.0. The molecule has 1 aliphatic rings. The third-order valence-electron chi connectivity index (χ3n) is 4.30. The van der Waals surface area contributed by atoms with E-state index in [1.165, 1.54) is 6.92 Å². The summed E-state index contributed by atoms with van der Waals surface area (Å²) in [5, 5.41) is 5.63. The second-order valence-electron chi connectivity index (χ2n) is 6.16. The van der Waals surface area contributed by atoms with Gasteiger partial charge in [-0.3, -0.25) is 4.79 Å². The molecule has 2 aromatic rings. The molecule has 0 radical (unpaired) electrons. The molecule has 1 aromatic carbocycles. The highest BCUT2D eigenvalue weighted by molar-refractivity contribution is 6.03. The largest absolute Gasteiger partial charge is 0.346 e. The van der Waals surface area contributed by atoms with Crippen LogP contribution >= 0.6 is 0 Å². The van der Waals surface area contributed by atoms with Gasteiger partial charge in [-0.1, -0.05) is 24.8 Å². The predicted molar refractivity (Wildman–Crippen MR) is 106 cm³/mol. The van der Waals surface area contributed by atoms with Crippen molar-refractivity contribution in [1.82, 2.24) is 15.3 Å². The predicted octanol–water partition coefficient (Wildman–Crippen LogP) is 3.94. The second-order valence-corrected chi connectivity index (χ2v) is 6.16. The van der Waals surface area contributed by atoms with E-state index in [4.69, 9.17) is 0 Å². The summed E-state index contributed by atoms with van der Waals surface area (Å²) in [6, 6.07) is 6.93. The highest BCUT2D eigenvalue weighted by atomic mass is 19.1. The fourth-order valence-corrected chi connectivity index (χ4v) is 2.86. The molecule has 29 heavy (non-hydrogen) atoms. The minimum atomic E-state index is -0.915. The number of amides is 1. The Morgan fingerprint density at radius 1 is 1.28 bits per heavy atom. The molecule has 1 aliphatic heterocycles. The minimum Gasteiger partial charge on any atom is -0.346 e. The van der Waals surface area contributed by atoms with E-state index in [-0.39, 0.29) is 36.1 Å². The number of nitrogens with one attached hydrogen (secondary N) is 2. The van der Waals surface area contributed by atoms with Crippen LogP contribution in [0.15, 0.2) is 54.7 Å². The van der Waals surface area contributed by atoms with Crippen LogP contribution in [0.4, 0.5) is 20.3 Å². The van der Waals surface area contributed by atoms with Gasteiger partial charge < -0.3 is 15.4 Å². The average molecular weight is 396 g/mol. The molecule has 0 bridgehead atoms. The lowest BCUT2D eigenvalue weighted by molar-refractivity contribution is -0.107. The van der Waals surface area contributed by atoms with Crippen molar-refractivity contribution in [3.8, 4) is 0 Å². The van der Waals surface area contributed by atoms with E-state index in [9.17, 15) is 18.4 Å². The van der Waals surface area contributed by atoms with Crippen LogP contribution in [0, 0.1) is 0 Å². The molecule has 8 heteroatoms. The molecule has 0 aliphatic carbocycles. The van der Waals surface area contributed by atoms with Crippen molar-refractivity contribution >= 4 is 29.3 Å². The van der Waals surface area contributed by atoms with Gasteiger partial charge in [-0.25, -0.2) is 18.7 Å². The van der Waals surface area contributed by atoms with Crippen LogP contribution in [-0.4, -0.2) is 22.2 Å². The van der Waals surface area contributed by atoms with Crippen LogP contribution in [0.2, 0.25) is 0 Å². The zero-order chi connectivity index (χ0) is 21.0. The number of hydrogen-bond donors (Lipinski definition) is 2. The van der Waals surface area contributed by atoms with Gasteiger partial charge in [-0.2, -0.15) is 0 Å². The van der Waals surface area contributed by atoms with E-state index in [2.05, 4.69) is 27.2 Å². The molecule has 2 heterocycles. The van der Waals surface area contributed by atoms with Gasteiger partial charge in [0.1, 0.15) is 29.3 Å². The van der Waals surface area contributed by atoms with Crippen LogP contribution in [-0.2, 0) is 17.8 Å². The number of anilines is 2. The Morgan fingerprint density at radius 2 is 2.00 bits per heavy atom. The molecule has 0 saturated carbocycles. The maximum absolute atomic E-state index is 14.3. The topological polar surface area (TPSA) is 84.0 Å². The molecular formula is C21H18F2N4O2. The van der Waals surface area contributed by atoms with E-state index in [0.29, 0.717) is 11.4 Å². The summed E-state index contributed by atoms with van der Waals surface area (Å²) < 4.78 is 28.6. The van der Waals surface area contributed by atoms with Crippen molar-refractivity contribution in [2.24, 2.45) is 0 Å². The highest BCUT2D eigenvalue weighted by Crippen LogP contribution is 2.31. The molecule has 148 valence electrons. The number of rotatable bonds is 7. The van der Waals surface area contributed by atoms with Gasteiger partial charge >= 0.3 is 0 Å². The van der Waals surface area contributed by atoms with Crippen LogP contribution in [0.5, 0.6) is 0 Å². The number of carbonyl (C=O) groups excluding carboxylic acids is 2. The summed E-state index contributed by atoms with van der Waals surface area (Å²) in [4.78, 5) is 31.2. The average Bonchev–Trinajstić information content (AvgIpc) is 3.10. The fraction of sp³-hybridized carbons (Fsp3) is 0.143. The molecule has 2 N–H and O–H groups in total. The minimum absolute atomic E-state index is 0.122. The summed E-state index contributed by atoms with van der Waals surface area (Å²) in [5.41, 5.74) is 1.52. The van der Waals surface area contributed by atoms with Crippen LogP contribution in [0.3, 0.4) is 0 Å². The van der Waals surface area contributed by atoms with Crippen molar-refractivity contribution in [3.05, 3.63) is 77.3 Å². The zero-order valence-electron chi connectivity index (χ0n) is 15.6. The van der Waals surface area contributed by atoms with Crippen LogP contribution in [0.25, 0.3) is 5.57 Å². The molecule has 0 atom stereocenters. The summed E-state index contributed by atoms with van der Waals surface area (Å²) in [6.45, 7) is 4.88. The molecule has 3 rings (SSSR count). The standard InChI is InChI=1S/C21H18F2N4O2/c1-3-14(22)17(15(23)4-2)19-26-16-11-24-21(29)18(16)20(27-19)25-13-7-5-12(6-8-13)9-10-28/h3-8,10H,1,9,11H2,2H3,(H,24,29)(H,25,26,27)/b15-4+,17-14-. The molecule has 1 amide bonds. The molecule has 0 spiro atoms. The van der Waals surface area contributed by atoms with Crippen molar-refractivity contribution < 1.29 is 18.4 Å². The van der Waals surface area contributed by atoms with Crippen LogP contribution in [0.1, 0.15) is 34.4 Å². The number of aldehydes is 1. The SMILES string of the molecule is C=C/C(F)=C(\C(F)=C/C)c1nc2c(c(Nc3ccc(CC=O)cc3)n1)C(=O)NC2. The van der Waals surface area contributed by atoms with Crippen molar-refractivity contribution in [1.29, 1.82) is 0 Å². The Balaban J connectivity index is 2.10. The second kappa shape index (κ2) is 8.55. The summed E-state index contributed by atoms with van der Waals surface area (Å²) in [5.74, 6) is -2.21. The maximum atomic E-state index is 14.3. The Morgan fingerprint density at radius 3 is 2.62 bits per heavy atom.